The summed E-state index contributed by atoms with van der Waals surface area (Å²) in [4.78, 5) is 31.9. The van der Waals surface area contributed by atoms with Crippen LogP contribution >= 0.6 is 0 Å². The minimum atomic E-state index is -1.43. The highest BCUT2D eigenvalue weighted by Gasteiger charge is 2.23. The zero-order chi connectivity index (χ0) is 12.0. The Morgan fingerprint density at radius 2 is 1.87 bits per heavy atom. The van der Waals surface area contributed by atoms with Gasteiger partial charge in [0.25, 0.3) is 0 Å². The Labute approximate surface area is 85.2 Å². The number of amides is 2. The average Bonchev–Trinajstić information content (AvgIpc) is 2.11. The molecule has 0 heterocycles. The topological polar surface area (TPSA) is 156 Å². The second-order valence-corrected chi connectivity index (χ2v) is 2.86. The Morgan fingerprint density at radius 1 is 1.33 bits per heavy atom. The molecule has 0 aliphatic rings. The summed E-state index contributed by atoms with van der Waals surface area (Å²) in [6.07, 6.45) is -0.385. The van der Waals surface area contributed by atoms with Crippen molar-refractivity contribution in [3.05, 3.63) is 0 Å². The molecule has 2 amide bonds. The Kier molecular flexibility index (Phi) is 5.27. The summed E-state index contributed by atoms with van der Waals surface area (Å²) in [7, 11) is 0. The van der Waals surface area contributed by atoms with Crippen molar-refractivity contribution in [2.75, 3.05) is 6.61 Å². The molecule has 0 radical (unpaired) electrons. The molecular formula is C7H13N3O5. The maximum atomic E-state index is 11.1. The third-order valence-corrected chi connectivity index (χ3v) is 1.56. The predicted molar refractivity (Wildman–Crippen MR) is 48.4 cm³/mol. The molecular weight excluding hydrogens is 206 g/mol. The number of rotatable bonds is 6. The van der Waals surface area contributed by atoms with Crippen molar-refractivity contribution in [2.24, 2.45) is 11.5 Å². The van der Waals surface area contributed by atoms with Crippen LogP contribution in [0.15, 0.2) is 0 Å². The number of carbonyl (C=O) groups excluding carboxylic acids is 2. The molecule has 15 heavy (non-hydrogen) atoms. The van der Waals surface area contributed by atoms with Crippen molar-refractivity contribution in [1.29, 1.82) is 0 Å². The molecule has 0 aliphatic carbocycles. The molecule has 8 heteroatoms. The average molecular weight is 219 g/mol. The third-order valence-electron chi connectivity index (χ3n) is 1.56. The highest BCUT2D eigenvalue weighted by atomic mass is 16.4. The van der Waals surface area contributed by atoms with Crippen molar-refractivity contribution >= 4 is 17.8 Å². The van der Waals surface area contributed by atoms with Crippen LogP contribution in [0.5, 0.6) is 0 Å². The first kappa shape index (κ1) is 13.3. The summed E-state index contributed by atoms with van der Waals surface area (Å²) < 4.78 is 0. The van der Waals surface area contributed by atoms with Gasteiger partial charge in [-0.3, -0.25) is 9.59 Å². The molecule has 8 nitrogen and oxygen atoms in total. The van der Waals surface area contributed by atoms with Gasteiger partial charge in [-0.25, -0.2) is 4.79 Å². The summed E-state index contributed by atoms with van der Waals surface area (Å²) in [5.74, 6) is -3.01. The van der Waals surface area contributed by atoms with Crippen molar-refractivity contribution < 1.29 is 24.6 Å². The molecule has 0 unspecified atom stereocenters. The number of hydrogen-bond donors (Lipinski definition) is 5. The van der Waals surface area contributed by atoms with Gasteiger partial charge in [0.2, 0.25) is 11.8 Å². The van der Waals surface area contributed by atoms with E-state index in [-0.39, 0.29) is 6.42 Å². The van der Waals surface area contributed by atoms with Crippen LogP contribution < -0.4 is 16.8 Å². The number of carboxylic acids is 1. The molecule has 0 saturated carbocycles. The van der Waals surface area contributed by atoms with Crippen LogP contribution in [0.2, 0.25) is 0 Å². The van der Waals surface area contributed by atoms with E-state index in [0.29, 0.717) is 0 Å². The lowest BCUT2D eigenvalue weighted by Gasteiger charge is -2.14. The number of carboxylic acid groups (broad SMARTS) is 1. The molecule has 86 valence electrons. The monoisotopic (exact) mass is 219 g/mol. The van der Waals surface area contributed by atoms with Crippen molar-refractivity contribution in [1.82, 2.24) is 5.32 Å². The molecule has 2 atom stereocenters. The smallest absolute Gasteiger partial charge is 0.328 e. The molecule has 0 aromatic heterocycles. The number of aliphatic hydroxyl groups is 1. The summed E-state index contributed by atoms with van der Waals surface area (Å²) in [6, 6.07) is -2.65. The van der Waals surface area contributed by atoms with Gasteiger partial charge in [0.1, 0.15) is 6.04 Å². The van der Waals surface area contributed by atoms with Crippen molar-refractivity contribution in [3.8, 4) is 0 Å². The van der Waals surface area contributed by atoms with Crippen LogP contribution in [0.1, 0.15) is 6.42 Å². The number of nitrogens with two attached hydrogens (primary N) is 2. The van der Waals surface area contributed by atoms with Gasteiger partial charge < -0.3 is 27.0 Å². The Morgan fingerprint density at radius 3 is 2.20 bits per heavy atom. The Bertz CT molecular complexity index is 267. The molecule has 7 N–H and O–H groups in total. The number of carbonyl (C=O) groups is 3. The van der Waals surface area contributed by atoms with Crippen LogP contribution in [0.4, 0.5) is 0 Å². The molecule has 0 saturated heterocycles. The van der Waals surface area contributed by atoms with Gasteiger partial charge >= 0.3 is 5.97 Å². The fourth-order valence-corrected chi connectivity index (χ4v) is 0.774. The Hall–Kier alpha value is -1.67. The minimum absolute atomic E-state index is 0.385. The summed E-state index contributed by atoms with van der Waals surface area (Å²) >= 11 is 0. The third kappa shape index (κ3) is 4.93. The van der Waals surface area contributed by atoms with E-state index in [1.807, 2.05) is 5.32 Å². The maximum absolute atomic E-state index is 11.1. The Balaban J connectivity index is 4.21. The summed E-state index contributed by atoms with van der Waals surface area (Å²) in [5.41, 5.74) is 10.0. The van der Waals surface area contributed by atoms with E-state index in [1.165, 1.54) is 0 Å². The first-order chi connectivity index (χ1) is 6.88. The summed E-state index contributed by atoms with van der Waals surface area (Å²) in [5, 5.41) is 19.0. The van der Waals surface area contributed by atoms with E-state index in [9.17, 15) is 14.4 Å². The first-order valence-corrected chi connectivity index (χ1v) is 4.06. The SMILES string of the molecule is NC(=O)C[C@H](N)C(=O)N[C@@H](CO)C(=O)O. The second kappa shape index (κ2) is 5.94. The predicted octanol–water partition coefficient (Wildman–Crippen LogP) is -3.25. The number of aliphatic hydroxyl groups excluding tert-OH is 1. The number of hydrogen-bond acceptors (Lipinski definition) is 5. The number of primary amides is 1. The van der Waals surface area contributed by atoms with Crippen molar-refractivity contribution in [2.45, 2.75) is 18.5 Å². The fourth-order valence-electron chi connectivity index (χ4n) is 0.774. The van der Waals surface area contributed by atoms with Gasteiger partial charge in [-0.1, -0.05) is 0 Å². The molecule has 0 bridgehead atoms. The van der Waals surface area contributed by atoms with E-state index in [2.05, 4.69) is 0 Å². The first-order valence-electron chi connectivity index (χ1n) is 4.06. The molecule has 0 fully saturated rings. The van der Waals surface area contributed by atoms with Crippen LogP contribution in [0.25, 0.3) is 0 Å². The van der Waals surface area contributed by atoms with E-state index in [4.69, 9.17) is 21.7 Å². The molecule has 0 aliphatic heterocycles. The zero-order valence-corrected chi connectivity index (χ0v) is 7.84. The van der Waals surface area contributed by atoms with E-state index in [0.717, 1.165) is 0 Å². The van der Waals surface area contributed by atoms with E-state index < -0.39 is 36.5 Å². The van der Waals surface area contributed by atoms with Gasteiger partial charge in [-0.15, -0.1) is 0 Å². The van der Waals surface area contributed by atoms with E-state index in [1.54, 1.807) is 0 Å². The van der Waals surface area contributed by atoms with Gasteiger partial charge in [0.15, 0.2) is 0 Å². The highest BCUT2D eigenvalue weighted by molar-refractivity contribution is 5.90. The van der Waals surface area contributed by atoms with Crippen molar-refractivity contribution in [3.63, 3.8) is 0 Å². The summed E-state index contributed by atoms with van der Waals surface area (Å²) in [6.45, 7) is -0.760. The number of nitrogens with one attached hydrogen (secondary N) is 1. The maximum Gasteiger partial charge on any atom is 0.328 e. The van der Waals surface area contributed by atoms with Crippen LogP contribution in [-0.2, 0) is 14.4 Å². The lowest BCUT2D eigenvalue weighted by molar-refractivity contribution is -0.143. The lowest BCUT2D eigenvalue weighted by atomic mass is 10.2. The molecule has 0 aromatic carbocycles. The standard InChI is InChI=1S/C7H13N3O5/c8-3(1-5(9)12)6(13)10-4(2-11)7(14)15/h3-4,11H,1-2,8H2,(H2,9,12)(H,10,13)(H,14,15)/t3-,4-/m0/s1. The highest BCUT2D eigenvalue weighted by Crippen LogP contribution is 1.90. The largest absolute Gasteiger partial charge is 0.480 e. The molecule has 0 aromatic rings. The minimum Gasteiger partial charge on any atom is -0.480 e. The van der Waals surface area contributed by atoms with Gasteiger partial charge in [-0.05, 0) is 0 Å². The van der Waals surface area contributed by atoms with Crippen LogP contribution in [0, 0.1) is 0 Å². The van der Waals surface area contributed by atoms with Gasteiger partial charge in [0.05, 0.1) is 19.1 Å². The van der Waals surface area contributed by atoms with Gasteiger partial charge in [-0.2, -0.15) is 0 Å². The van der Waals surface area contributed by atoms with Crippen LogP contribution in [-0.4, -0.2) is 46.7 Å². The second-order valence-electron chi connectivity index (χ2n) is 2.86. The van der Waals surface area contributed by atoms with Gasteiger partial charge in [0, 0.05) is 0 Å². The quantitative estimate of drug-likeness (QED) is 0.316. The normalized spacial score (nSPS) is 14.0. The lowest BCUT2D eigenvalue weighted by Crippen LogP contribution is -2.50. The zero-order valence-electron chi connectivity index (χ0n) is 7.84. The van der Waals surface area contributed by atoms with Crippen LogP contribution in [0.3, 0.4) is 0 Å². The number of aliphatic carboxylic acids is 1. The molecule has 0 spiro atoms. The fraction of sp³-hybridized carbons (Fsp3) is 0.571. The van der Waals surface area contributed by atoms with E-state index >= 15 is 0 Å². The molecule has 0 rings (SSSR count).